The number of ether oxygens (including phenoxy) is 2. The molecule has 0 saturated heterocycles. The summed E-state index contributed by atoms with van der Waals surface area (Å²) in [5, 5.41) is 0. The molecule has 94 valence electrons. The van der Waals surface area contributed by atoms with Crippen molar-refractivity contribution in [3.63, 3.8) is 0 Å². The predicted octanol–water partition coefficient (Wildman–Crippen LogP) is -0.291. The number of methoxy groups -OCH3 is 1. The minimum absolute atomic E-state index is 0. The third kappa shape index (κ3) is 5.36. The van der Waals surface area contributed by atoms with Crippen LogP contribution in [-0.2, 0) is 0 Å². The molecule has 0 N–H and O–H groups in total. The van der Waals surface area contributed by atoms with E-state index in [0.29, 0.717) is 5.57 Å². The molecule has 1 rings (SSSR count). The molecule has 0 aliphatic carbocycles. The van der Waals surface area contributed by atoms with Crippen molar-refractivity contribution in [2.45, 2.75) is 6.92 Å². The van der Waals surface area contributed by atoms with Crippen LogP contribution < -0.4 is 66.3 Å². The molecule has 7 heteroatoms. The largest absolute Gasteiger partial charge is 1.00 e. The maximum Gasteiger partial charge on any atom is 1.00 e. The molecule has 0 aliphatic heterocycles. The zero-order valence-electron chi connectivity index (χ0n) is 10.7. The Balaban J connectivity index is 0.00000289. The van der Waals surface area contributed by atoms with Crippen molar-refractivity contribution in [1.29, 1.82) is 0 Å². The molecule has 0 radical (unpaired) electrons. The van der Waals surface area contributed by atoms with Crippen LogP contribution in [0.15, 0.2) is 30.4 Å². The van der Waals surface area contributed by atoms with E-state index in [1.54, 1.807) is 6.92 Å². The fourth-order valence-electron chi connectivity index (χ4n) is 1.24. The van der Waals surface area contributed by atoms with Gasteiger partial charge in [0.25, 0.3) is 0 Å². The molecule has 0 aliphatic rings. The van der Waals surface area contributed by atoms with Crippen molar-refractivity contribution >= 4 is 12.4 Å². The number of benzene rings is 1. The van der Waals surface area contributed by atoms with Crippen molar-refractivity contribution in [3.8, 4) is 11.5 Å². The van der Waals surface area contributed by atoms with E-state index in [4.69, 9.17) is 9.47 Å². The molecule has 0 spiro atoms. The van der Waals surface area contributed by atoms with Gasteiger partial charge in [-0.15, -0.1) is 0 Å². The normalized spacial score (nSPS) is 10.5. The van der Waals surface area contributed by atoms with E-state index in [1.165, 1.54) is 19.2 Å². The zero-order valence-corrected chi connectivity index (χ0v) is 13.8. The molecule has 0 atom stereocenters. The Kier molecular flexibility index (Phi) is 7.62. The van der Waals surface area contributed by atoms with E-state index in [0.717, 1.165) is 6.07 Å². The van der Waals surface area contributed by atoms with Crippen molar-refractivity contribution in [2.75, 3.05) is 13.7 Å². The monoisotopic (exact) mass is 284 g/mol. The Morgan fingerprint density at radius 2 is 1.94 bits per heavy atom. The van der Waals surface area contributed by atoms with Crippen LogP contribution in [0.5, 0.6) is 11.5 Å². The van der Waals surface area contributed by atoms with Gasteiger partial charge in [0.1, 0.15) is 12.4 Å². The van der Waals surface area contributed by atoms with Crippen LogP contribution in [0.25, 0.3) is 0 Å². The van der Waals surface area contributed by atoms with E-state index in [-0.39, 0.29) is 69.5 Å². The molecular formula is C11H13BF3KO2. The second-order valence-corrected chi connectivity index (χ2v) is 3.72. The molecule has 0 fully saturated rings. The van der Waals surface area contributed by atoms with Gasteiger partial charge < -0.3 is 22.4 Å². The van der Waals surface area contributed by atoms with Crippen molar-refractivity contribution in [3.05, 3.63) is 30.4 Å². The summed E-state index contributed by atoms with van der Waals surface area (Å²) >= 11 is 0. The van der Waals surface area contributed by atoms with Crippen LogP contribution in [0.1, 0.15) is 6.92 Å². The second-order valence-electron chi connectivity index (χ2n) is 3.72. The van der Waals surface area contributed by atoms with Gasteiger partial charge in [0.05, 0.1) is 12.9 Å². The van der Waals surface area contributed by atoms with Crippen LogP contribution in [0.3, 0.4) is 0 Å². The zero-order chi connectivity index (χ0) is 13.1. The maximum atomic E-state index is 12.8. The molecule has 0 heterocycles. The fraction of sp³-hybridized carbons (Fsp3) is 0.273. The Morgan fingerprint density at radius 3 is 2.39 bits per heavy atom. The van der Waals surface area contributed by atoms with E-state index in [9.17, 15) is 12.9 Å². The predicted molar refractivity (Wildman–Crippen MR) is 62.0 cm³/mol. The van der Waals surface area contributed by atoms with Crippen molar-refractivity contribution < 1.29 is 73.8 Å². The molecule has 0 unspecified atom stereocenters. The SMILES string of the molecule is C=C(C)COc1ccc(OC)cc1[B-](F)(F)F.[K+]. The van der Waals surface area contributed by atoms with Crippen LogP contribution in [0.2, 0.25) is 0 Å². The Morgan fingerprint density at radius 1 is 1.33 bits per heavy atom. The first-order chi connectivity index (χ1) is 7.84. The van der Waals surface area contributed by atoms with Gasteiger partial charge in [0, 0.05) is 0 Å². The molecule has 1 aromatic rings. The van der Waals surface area contributed by atoms with Gasteiger partial charge >= 0.3 is 58.4 Å². The van der Waals surface area contributed by atoms with Gasteiger partial charge in [0.15, 0.2) is 0 Å². The van der Waals surface area contributed by atoms with Crippen LogP contribution in [0, 0.1) is 0 Å². The van der Waals surface area contributed by atoms with Gasteiger partial charge in [-0.05, 0) is 30.7 Å². The first kappa shape index (κ1) is 18.1. The van der Waals surface area contributed by atoms with Crippen molar-refractivity contribution in [1.82, 2.24) is 0 Å². The Labute approximate surface area is 147 Å². The average Bonchev–Trinajstić information content (AvgIpc) is 2.24. The topological polar surface area (TPSA) is 18.5 Å². The van der Waals surface area contributed by atoms with Gasteiger partial charge in [-0.1, -0.05) is 12.0 Å². The maximum absolute atomic E-state index is 12.8. The summed E-state index contributed by atoms with van der Waals surface area (Å²) in [6.07, 6.45) is 0. The van der Waals surface area contributed by atoms with Crippen LogP contribution in [-0.4, -0.2) is 20.7 Å². The number of halogens is 3. The molecule has 0 bridgehead atoms. The summed E-state index contributed by atoms with van der Waals surface area (Å²) in [6.45, 7) is 0.184. The summed E-state index contributed by atoms with van der Waals surface area (Å²) < 4.78 is 48.2. The summed E-state index contributed by atoms with van der Waals surface area (Å²) in [7, 11) is 1.32. The molecular weight excluding hydrogens is 271 g/mol. The van der Waals surface area contributed by atoms with Crippen LogP contribution >= 0.6 is 0 Å². The van der Waals surface area contributed by atoms with Gasteiger partial charge in [-0.25, -0.2) is 0 Å². The van der Waals surface area contributed by atoms with E-state index >= 15 is 0 Å². The molecule has 2 nitrogen and oxygen atoms in total. The average molecular weight is 284 g/mol. The van der Waals surface area contributed by atoms with E-state index < -0.39 is 12.4 Å². The molecule has 0 amide bonds. The summed E-state index contributed by atoms with van der Waals surface area (Å²) in [6, 6.07) is 3.62. The smallest absolute Gasteiger partial charge is 0.497 e. The third-order valence-electron chi connectivity index (χ3n) is 2.04. The molecule has 1 aromatic carbocycles. The summed E-state index contributed by atoms with van der Waals surface area (Å²) in [4.78, 5) is 0. The second kappa shape index (κ2) is 7.59. The Bertz CT molecular complexity index is 421. The third-order valence-corrected chi connectivity index (χ3v) is 2.04. The minimum atomic E-state index is -5.13. The number of hydrogen-bond donors (Lipinski definition) is 0. The summed E-state index contributed by atoms with van der Waals surface area (Å²) in [5.41, 5.74) is -0.132. The number of hydrogen-bond acceptors (Lipinski definition) is 2. The summed E-state index contributed by atoms with van der Waals surface area (Å²) in [5.74, 6) is -0.0387. The van der Waals surface area contributed by atoms with E-state index in [2.05, 4.69) is 6.58 Å². The molecule has 0 aromatic heterocycles. The molecule has 0 saturated carbocycles. The van der Waals surface area contributed by atoms with Crippen LogP contribution in [0.4, 0.5) is 12.9 Å². The first-order valence-electron chi connectivity index (χ1n) is 4.99. The van der Waals surface area contributed by atoms with Gasteiger partial charge in [-0.3, -0.25) is 0 Å². The standard InChI is InChI=1S/C11H13BF3O2.K/c1-8(2)7-17-11-5-4-9(16-3)6-10(11)12(13,14)15;/h4-6H,1,7H2,2-3H3;/q-1;+1. The quantitative estimate of drug-likeness (QED) is 0.546. The Hall–Kier alpha value is 0.0513. The van der Waals surface area contributed by atoms with E-state index in [1.807, 2.05) is 0 Å². The first-order valence-corrected chi connectivity index (χ1v) is 4.99. The molecule has 18 heavy (non-hydrogen) atoms. The van der Waals surface area contributed by atoms with Gasteiger partial charge in [0.2, 0.25) is 0 Å². The van der Waals surface area contributed by atoms with Crippen molar-refractivity contribution in [2.24, 2.45) is 0 Å². The fourth-order valence-corrected chi connectivity index (χ4v) is 1.24. The minimum Gasteiger partial charge on any atom is -0.497 e. The number of rotatable bonds is 5. The van der Waals surface area contributed by atoms with Gasteiger partial charge in [-0.2, -0.15) is 0 Å².